The molecule has 1 saturated heterocycles. The van der Waals surface area contributed by atoms with Gasteiger partial charge in [-0.3, -0.25) is 4.79 Å². The quantitative estimate of drug-likeness (QED) is 0.820. The maximum absolute atomic E-state index is 11.9. The van der Waals surface area contributed by atoms with E-state index in [1.807, 2.05) is 19.0 Å². The van der Waals surface area contributed by atoms with Crippen LogP contribution < -0.4 is 15.8 Å². The molecule has 1 N–H and O–H groups in total. The monoisotopic (exact) mass is 280 g/mol. The van der Waals surface area contributed by atoms with E-state index in [-0.39, 0.29) is 5.56 Å². The number of nitrogens with one attached hydrogen (secondary N) is 1. The van der Waals surface area contributed by atoms with Crippen LogP contribution in [0.25, 0.3) is 0 Å². The predicted octanol–water partition coefficient (Wildman–Crippen LogP) is 0.466. The Morgan fingerprint density at radius 3 is 3.00 bits per heavy atom. The van der Waals surface area contributed by atoms with Gasteiger partial charge in [0.1, 0.15) is 0 Å². The van der Waals surface area contributed by atoms with Crippen LogP contribution in [-0.2, 0) is 11.3 Å². The van der Waals surface area contributed by atoms with Gasteiger partial charge < -0.3 is 15.0 Å². The van der Waals surface area contributed by atoms with E-state index in [0.29, 0.717) is 18.7 Å². The lowest BCUT2D eigenvalue weighted by atomic mass is 10.1. The Morgan fingerprint density at radius 2 is 2.40 bits per heavy atom. The van der Waals surface area contributed by atoms with Crippen LogP contribution in [0, 0.1) is 0 Å². The molecular formula is C14H24N4O2. The van der Waals surface area contributed by atoms with Crippen LogP contribution in [0.3, 0.4) is 0 Å². The van der Waals surface area contributed by atoms with Gasteiger partial charge in [-0.15, -0.1) is 0 Å². The Labute approximate surface area is 119 Å². The van der Waals surface area contributed by atoms with Crippen molar-refractivity contribution in [3.05, 3.63) is 22.6 Å². The van der Waals surface area contributed by atoms with Gasteiger partial charge >= 0.3 is 0 Å². The molecular weight excluding hydrogens is 256 g/mol. The second-order valence-corrected chi connectivity index (χ2v) is 5.46. The summed E-state index contributed by atoms with van der Waals surface area (Å²) in [7, 11) is 3.79. The molecule has 0 spiro atoms. The molecule has 0 bridgehead atoms. The summed E-state index contributed by atoms with van der Waals surface area (Å²) in [6, 6.07) is 1.92. The highest BCUT2D eigenvalue weighted by atomic mass is 16.5. The van der Waals surface area contributed by atoms with Gasteiger partial charge in [0.2, 0.25) is 0 Å². The van der Waals surface area contributed by atoms with E-state index in [0.717, 1.165) is 31.7 Å². The van der Waals surface area contributed by atoms with E-state index in [9.17, 15) is 4.79 Å². The molecule has 1 aliphatic heterocycles. The molecule has 0 aromatic carbocycles. The first-order valence-electron chi connectivity index (χ1n) is 7.17. The summed E-state index contributed by atoms with van der Waals surface area (Å²) >= 11 is 0. The maximum Gasteiger partial charge on any atom is 0.268 e. The highest BCUT2D eigenvalue weighted by Crippen LogP contribution is 2.15. The highest BCUT2D eigenvalue weighted by Gasteiger charge is 2.21. The van der Waals surface area contributed by atoms with Crippen LogP contribution in [0.15, 0.2) is 17.1 Å². The van der Waals surface area contributed by atoms with Crippen molar-refractivity contribution in [1.82, 2.24) is 15.1 Å². The summed E-state index contributed by atoms with van der Waals surface area (Å²) in [5.41, 5.74) is 0.759. The van der Waals surface area contributed by atoms with E-state index in [4.69, 9.17) is 4.74 Å². The third-order valence-electron chi connectivity index (χ3n) is 3.68. The second kappa shape index (κ2) is 6.85. The zero-order valence-corrected chi connectivity index (χ0v) is 12.5. The lowest BCUT2D eigenvalue weighted by Crippen LogP contribution is -2.39. The first-order chi connectivity index (χ1) is 9.58. The van der Waals surface area contributed by atoms with Gasteiger partial charge in [0, 0.05) is 39.4 Å². The Balaban J connectivity index is 1.83. The topological polar surface area (TPSA) is 59.4 Å². The minimum Gasteiger partial charge on any atom is -0.377 e. The SMILES string of the molecule is CC(NCCn1ncc(N(C)C)cc1=O)C1CCCO1. The van der Waals surface area contributed by atoms with Gasteiger partial charge in [0.05, 0.1) is 24.5 Å². The Bertz CT molecular complexity index is 480. The molecule has 6 heteroatoms. The summed E-state index contributed by atoms with van der Waals surface area (Å²) in [6.07, 6.45) is 4.27. The van der Waals surface area contributed by atoms with E-state index in [1.54, 1.807) is 12.3 Å². The third-order valence-corrected chi connectivity index (χ3v) is 3.68. The number of ether oxygens (including phenoxy) is 1. The minimum atomic E-state index is -0.0669. The average molecular weight is 280 g/mol. The zero-order chi connectivity index (χ0) is 14.5. The molecule has 1 aromatic heterocycles. The smallest absolute Gasteiger partial charge is 0.268 e. The molecule has 2 heterocycles. The number of anilines is 1. The number of hydrogen-bond donors (Lipinski definition) is 1. The third kappa shape index (κ3) is 3.80. The van der Waals surface area contributed by atoms with Crippen LogP contribution >= 0.6 is 0 Å². The molecule has 6 nitrogen and oxygen atoms in total. The van der Waals surface area contributed by atoms with Gasteiger partial charge in [0.25, 0.3) is 5.56 Å². The summed E-state index contributed by atoms with van der Waals surface area (Å²) in [5.74, 6) is 0. The molecule has 1 fully saturated rings. The lowest BCUT2D eigenvalue weighted by molar-refractivity contribution is 0.0834. The van der Waals surface area contributed by atoms with Crippen molar-refractivity contribution in [1.29, 1.82) is 0 Å². The molecule has 1 aromatic rings. The zero-order valence-electron chi connectivity index (χ0n) is 12.5. The molecule has 112 valence electrons. The summed E-state index contributed by atoms with van der Waals surface area (Å²) in [5, 5.41) is 7.59. The number of rotatable bonds is 6. The molecule has 0 aliphatic carbocycles. The first-order valence-corrected chi connectivity index (χ1v) is 7.17. The normalized spacial score (nSPS) is 20.1. The largest absolute Gasteiger partial charge is 0.377 e. The fourth-order valence-corrected chi connectivity index (χ4v) is 2.36. The number of nitrogens with zero attached hydrogens (tertiary/aromatic N) is 3. The van der Waals surface area contributed by atoms with Crippen LogP contribution in [-0.4, -0.2) is 49.2 Å². The van der Waals surface area contributed by atoms with Crippen LogP contribution in [0.5, 0.6) is 0 Å². The minimum absolute atomic E-state index is 0.0669. The highest BCUT2D eigenvalue weighted by molar-refractivity contribution is 5.40. The van der Waals surface area contributed by atoms with Gasteiger partial charge in [-0.2, -0.15) is 5.10 Å². The van der Waals surface area contributed by atoms with Crippen LogP contribution in [0.2, 0.25) is 0 Å². The van der Waals surface area contributed by atoms with Crippen molar-refractivity contribution in [2.24, 2.45) is 0 Å². The molecule has 2 rings (SSSR count). The molecule has 2 atom stereocenters. The van der Waals surface area contributed by atoms with Gasteiger partial charge in [0.15, 0.2) is 0 Å². The van der Waals surface area contributed by atoms with Gasteiger partial charge in [-0.25, -0.2) is 4.68 Å². The predicted molar refractivity (Wildman–Crippen MR) is 79.3 cm³/mol. The van der Waals surface area contributed by atoms with E-state index in [1.165, 1.54) is 4.68 Å². The number of hydrogen-bond acceptors (Lipinski definition) is 5. The Kier molecular flexibility index (Phi) is 5.14. The average Bonchev–Trinajstić information content (AvgIpc) is 2.94. The molecule has 0 saturated carbocycles. The summed E-state index contributed by atoms with van der Waals surface area (Å²) < 4.78 is 7.12. The number of aromatic nitrogens is 2. The molecule has 0 amide bonds. The maximum atomic E-state index is 11.9. The van der Waals surface area contributed by atoms with Crippen molar-refractivity contribution in [3.8, 4) is 0 Å². The Hall–Kier alpha value is -1.40. The molecule has 1 aliphatic rings. The summed E-state index contributed by atoms with van der Waals surface area (Å²) in [4.78, 5) is 13.8. The van der Waals surface area contributed by atoms with E-state index >= 15 is 0 Å². The van der Waals surface area contributed by atoms with E-state index in [2.05, 4.69) is 17.3 Å². The Morgan fingerprint density at radius 1 is 1.60 bits per heavy atom. The molecule has 20 heavy (non-hydrogen) atoms. The second-order valence-electron chi connectivity index (χ2n) is 5.46. The lowest BCUT2D eigenvalue weighted by Gasteiger charge is -2.20. The van der Waals surface area contributed by atoms with Gasteiger partial charge in [-0.05, 0) is 19.8 Å². The van der Waals surface area contributed by atoms with Gasteiger partial charge in [-0.1, -0.05) is 0 Å². The fourth-order valence-electron chi connectivity index (χ4n) is 2.36. The van der Waals surface area contributed by atoms with Crippen molar-refractivity contribution < 1.29 is 4.74 Å². The van der Waals surface area contributed by atoms with Crippen molar-refractivity contribution in [2.75, 3.05) is 32.1 Å². The fraction of sp³-hybridized carbons (Fsp3) is 0.714. The first kappa shape index (κ1) is 15.0. The molecule has 2 unspecified atom stereocenters. The van der Waals surface area contributed by atoms with Crippen molar-refractivity contribution >= 4 is 5.69 Å². The van der Waals surface area contributed by atoms with Crippen LogP contribution in [0.4, 0.5) is 5.69 Å². The molecule has 0 radical (unpaired) electrons. The standard InChI is InChI=1S/C14H24N4O2/c1-11(13-5-4-8-20-13)15-6-7-18-14(19)9-12(10-16-18)17(2)3/h9-11,13,15H,4-8H2,1-3H3. The van der Waals surface area contributed by atoms with E-state index < -0.39 is 0 Å². The van der Waals surface area contributed by atoms with Crippen molar-refractivity contribution in [3.63, 3.8) is 0 Å². The van der Waals surface area contributed by atoms with Crippen molar-refractivity contribution in [2.45, 2.75) is 38.5 Å². The van der Waals surface area contributed by atoms with Crippen LogP contribution in [0.1, 0.15) is 19.8 Å². The summed E-state index contributed by atoms with van der Waals surface area (Å²) in [6.45, 7) is 4.28.